The molecule has 1 aromatic heterocycles. The predicted octanol–water partition coefficient (Wildman–Crippen LogP) is 0.283. The van der Waals surface area contributed by atoms with E-state index in [1.165, 1.54) is 12.4 Å². The predicted molar refractivity (Wildman–Crippen MR) is 101 cm³/mol. The van der Waals surface area contributed by atoms with Crippen LogP contribution in [-0.2, 0) is 19.0 Å². The molecule has 0 aliphatic carbocycles. The SMILES string of the molecule is CCOC(=O)c1cnc(N2CCN(CCOCCOCCC(=O)O)CC2)nc1. The minimum absolute atomic E-state index is 0.0134. The molecule has 0 radical (unpaired) electrons. The lowest BCUT2D eigenvalue weighted by Gasteiger charge is -2.34. The first kappa shape index (κ1) is 22.0. The maximum atomic E-state index is 11.6. The molecular weight excluding hydrogens is 368 g/mol. The molecule has 0 saturated carbocycles. The van der Waals surface area contributed by atoms with Gasteiger partial charge in [0.25, 0.3) is 0 Å². The molecule has 2 rings (SSSR count). The molecule has 1 aromatic rings. The van der Waals surface area contributed by atoms with Crippen LogP contribution in [0.1, 0.15) is 23.7 Å². The number of aromatic nitrogens is 2. The molecule has 1 fully saturated rings. The van der Waals surface area contributed by atoms with Crippen LogP contribution in [0.2, 0.25) is 0 Å². The number of nitrogens with zero attached hydrogens (tertiary/aromatic N) is 4. The number of hydrogen-bond donors (Lipinski definition) is 1. The molecule has 28 heavy (non-hydrogen) atoms. The Balaban J connectivity index is 1.58. The summed E-state index contributed by atoms with van der Waals surface area (Å²) in [5.74, 6) is -0.658. The Labute approximate surface area is 164 Å². The van der Waals surface area contributed by atoms with Crippen molar-refractivity contribution in [2.24, 2.45) is 0 Å². The molecule has 156 valence electrons. The van der Waals surface area contributed by atoms with E-state index in [2.05, 4.69) is 19.8 Å². The van der Waals surface area contributed by atoms with Gasteiger partial charge in [-0.15, -0.1) is 0 Å². The van der Waals surface area contributed by atoms with Crippen molar-refractivity contribution in [3.8, 4) is 0 Å². The van der Waals surface area contributed by atoms with Crippen molar-refractivity contribution >= 4 is 17.9 Å². The highest BCUT2D eigenvalue weighted by atomic mass is 16.5. The molecule has 10 heteroatoms. The van der Waals surface area contributed by atoms with E-state index in [1.54, 1.807) is 6.92 Å². The molecule has 0 atom stereocenters. The first-order valence-electron chi connectivity index (χ1n) is 9.44. The van der Waals surface area contributed by atoms with E-state index in [0.717, 1.165) is 32.7 Å². The lowest BCUT2D eigenvalue weighted by atomic mass is 10.3. The van der Waals surface area contributed by atoms with Crippen LogP contribution in [-0.4, -0.2) is 97.7 Å². The Morgan fingerprint density at radius 1 is 1.04 bits per heavy atom. The van der Waals surface area contributed by atoms with Crippen molar-refractivity contribution in [3.05, 3.63) is 18.0 Å². The van der Waals surface area contributed by atoms with Crippen molar-refractivity contribution in [2.75, 3.05) is 70.7 Å². The van der Waals surface area contributed by atoms with E-state index in [1.807, 2.05) is 0 Å². The van der Waals surface area contributed by atoms with E-state index in [4.69, 9.17) is 19.3 Å². The van der Waals surface area contributed by atoms with Gasteiger partial charge in [-0.25, -0.2) is 14.8 Å². The minimum atomic E-state index is -0.861. The van der Waals surface area contributed by atoms with Crippen molar-refractivity contribution in [1.29, 1.82) is 0 Å². The summed E-state index contributed by atoms with van der Waals surface area (Å²) >= 11 is 0. The normalized spacial score (nSPS) is 14.8. The third kappa shape index (κ3) is 7.75. The van der Waals surface area contributed by atoms with Crippen molar-refractivity contribution in [2.45, 2.75) is 13.3 Å². The van der Waals surface area contributed by atoms with Gasteiger partial charge in [-0.05, 0) is 6.92 Å². The number of carboxylic acids is 1. The molecule has 0 bridgehead atoms. The van der Waals surface area contributed by atoms with Gasteiger partial charge in [0.2, 0.25) is 5.95 Å². The number of carboxylic acid groups (broad SMARTS) is 1. The maximum Gasteiger partial charge on any atom is 0.341 e. The number of hydrogen-bond acceptors (Lipinski definition) is 9. The molecule has 1 aliphatic rings. The van der Waals surface area contributed by atoms with Crippen LogP contribution in [0.4, 0.5) is 5.95 Å². The van der Waals surface area contributed by atoms with Crippen LogP contribution < -0.4 is 4.90 Å². The maximum absolute atomic E-state index is 11.6. The summed E-state index contributed by atoms with van der Waals surface area (Å²) in [6, 6.07) is 0. The Morgan fingerprint density at radius 3 is 2.29 bits per heavy atom. The fraction of sp³-hybridized carbons (Fsp3) is 0.667. The summed E-state index contributed by atoms with van der Waals surface area (Å²) in [4.78, 5) is 34.9. The molecule has 1 saturated heterocycles. The topological polar surface area (TPSA) is 114 Å². The Kier molecular flexibility index (Phi) is 9.60. The zero-order valence-corrected chi connectivity index (χ0v) is 16.2. The second kappa shape index (κ2) is 12.2. The zero-order valence-electron chi connectivity index (χ0n) is 16.2. The van der Waals surface area contributed by atoms with Crippen molar-refractivity contribution in [1.82, 2.24) is 14.9 Å². The standard InChI is InChI=1S/C18H28N4O6/c1-2-28-17(25)15-13-19-18(20-14-15)22-6-4-21(5-7-22)8-10-27-12-11-26-9-3-16(23)24/h13-14H,2-12H2,1H3,(H,23,24). The highest BCUT2D eigenvalue weighted by Gasteiger charge is 2.19. The molecule has 2 heterocycles. The lowest BCUT2D eigenvalue weighted by Crippen LogP contribution is -2.48. The lowest BCUT2D eigenvalue weighted by molar-refractivity contribution is -0.138. The van der Waals surface area contributed by atoms with Gasteiger partial charge in [0, 0.05) is 45.1 Å². The summed E-state index contributed by atoms with van der Waals surface area (Å²) < 4.78 is 15.6. The van der Waals surface area contributed by atoms with Gasteiger partial charge >= 0.3 is 11.9 Å². The summed E-state index contributed by atoms with van der Waals surface area (Å²) in [7, 11) is 0. The highest BCUT2D eigenvalue weighted by molar-refractivity contribution is 5.88. The number of carbonyl (C=O) groups excluding carboxylic acids is 1. The number of carbonyl (C=O) groups is 2. The van der Waals surface area contributed by atoms with Crippen molar-refractivity contribution in [3.63, 3.8) is 0 Å². The number of piperazine rings is 1. The fourth-order valence-corrected chi connectivity index (χ4v) is 2.65. The quantitative estimate of drug-likeness (QED) is 0.390. The molecule has 0 spiro atoms. The summed E-state index contributed by atoms with van der Waals surface area (Å²) in [5.41, 5.74) is 0.355. The second-order valence-corrected chi connectivity index (χ2v) is 6.19. The monoisotopic (exact) mass is 396 g/mol. The van der Waals surface area contributed by atoms with Crippen LogP contribution in [0.25, 0.3) is 0 Å². The van der Waals surface area contributed by atoms with Gasteiger partial charge in [0.05, 0.1) is 45.0 Å². The van der Waals surface area contributed by atoms with Crippen LogP contribution in [0.5, 0.6) is 0 Å². The van der Waals surface area contributed by atoms with Crippen LogP contribution >= 0.6 is 0 Å². The third-order valence-electron chi connectivity index (χ3n) is 4.19. The number of ether oxygens (including phenoxy) is 3. The van der Waals surface area contributed by atoms with E-state index >= 15 is 0 Å². The molecule has 10 nitrogen and oxygen atoms in total. The Hall–Kier alpha value is -2.30. The number of aliphatic carboxylic acids is 1. The molecule has 1 N–H and O–H groups in total. The van der Waals surface area contributed by atoms with E-state index in [0.29, 0.717) is 37.9 Å². The van der Waals surface area contributed by atoms with Crippen LogP contribution in [0.3, 0.4) is 0 Å². The van der Waals surface area contributed by atoms with E-state index in [9.17, 15) is 9.59 Å². The fourth-order valence-electron chi connectivity index (χ4n) is 2.65. The zero-order chi connectivity index (χ0) is 20.2. The van der Waals surface area contributed by atoms with E-state index < -0.39 is 11.9 Å². The van der Waals surface area contributed by atoms with Gasteiger partial charge in [-0.1, -0.05) is 0 Å². The Bertz CT molecular complexity index is 605. The average molecular weight is 396 g/mol. The Morgan fingerprint density at radius 2 is 1.68 bits per heavy atom. The molecule has 0 unspecified atom stereocenters. The third-order valence-corrected chi connectivity index (χ3v) is 4.19. The molecule has 0 aromatic carbocycles. The summed E-state index contributed by atoms with van der Waals surface area (Å²) in [6.45, 7) is 7.94. The van der Waals surface area contributed by atoms with Gasteiger partial charge < -0.3 is 24.2 Å². The molecular formula is C18H28N4O6. The summed E-state index contributed by atoms with van der Waals surface area (Å²) in [5, 5.41) is 8.50. The highest BCUT2D eigenvalue weighted by Crippen LogP contribution is 2.11. The second-order valence-electron chi connectivity index (χ2n) is 6.19. The van der Waals surface area contributed by atoms with Crippen LogP contribution in [0.15, 0.2) is 12.4 Å². The molecule has 0 amide bonds. The number of esters is 1. The summed E-state index contributed by atoms with van der Waals surface area (Å²) in [6.07, 6.45) is 3.01. The number of anilines is 1. The van der Waals surface area contributed by atoms with Crippen molar-refractivity contribution < 1.29 is 28.9 Å². The minimum Gasteiger partial charge on any atom is -0.481 e. The van der Waals surface area contributed by atoms with Gasteiger partial charge in [0.1, 0.15) is 0 Å². The first-order valence-corrected chi connectivity index (χ1v) is 9.44. The van der Waals surface area contributed by atoms with Gasteiger partial charge in [-0.3, -0.25) is 9.69 Å². The first-order chi connectivity index (χ1) is 13.6. The smallest absolute Gasteiger partial charge is 0.341 e. The van der Waals surface area contributed by atoms with E-state index in [-0.39, 0.29) is 13.0 Å². The largest absolute Gasteiger partial charge is 0.481 e. The van der Waals surface area contributed by atoms with Crippen LogP contribution in [0, 0.1) is 0 Å². The molecule has 1 aliphatic heterocycles. The van der Waals surface area contributed by atoms with Gasteiger partial charge in [0.15, 0.2) is 0 Å². The number of rotatable bonds is 12. The van der Waals surface area contributed by atoms with Gasteiger partial charge in [-0.2, -0.15) is 0 Å². The average Bonchev–Trinajstić information content (AvgIpc) is 2.70.